The van der Waals surface area contributed by atoms with Gasteiger partial charge in [0.05, 0.1) is 23.1 Å². The lowest BCUT2D eigenvalue weighted by molar-refractivity contribution is 0.0417. The Balaban J connectivity index is 1.53. The number of aryl methyl sites for hydroxylation is 1. The number of carbonyl (C=O) groups excluding carboxylic acids is 1. The summed E-state index contributed by atoms with van der Waals surface area (Å²) in [6, 6.07) is 11.6. The maximum Gasteiger partial charge on any atom is 0.412 e. The van der Waals surface area contributed by atoms with Gasteiger partial charge in [0.25, 0.3) is 0 Å². The molecule has 2 aromatic carbocycles. The summed E-state index contributed by atoms with van der Waals surface area (Å²) < 4.78 is 24.3. The van der Waals surface area contributed by atoms with Gasteiger partial charge in [-0.1, -0.05) is 17.7 Å². The van der Waals surface area contributed by atoms with Crippen molar-refractivity contribution in [2.24, 2.45) is 0 Å². The molecule has 0 fully saturated rings. The Morgan fingerprint density at radius 3 is 2.61 bits per heavy atom. The molecule has 0 aliphatic carbocycles. The van der Waals surface area contributed by atoms with Crippen LogP contribution in [0.1, 0.15) is 37.8 Å². The normalized spacial score (nSPS) is 15.9. The summed E-state index contributed by atoms with van der Waals surface area (Å²) >= 11 is 3.49. The average molecular weight is 466 g/mol. The smallest absolute Gasteiger partial charge is 0.412 e. The molecule has 1 aliphatic heterocycles. The minimum atomic E-state index is -0.979. The third-order valence-electron chi connectivity index (χ3n) is 4.56. The fourth-order valence-electron chi connectivity index (χ4n) is 3.01. The first-order valence-electron chi connectivity index (χ1n) is 9.18. The van der Waals surface area contributed by atoms with Gasteiger partial charge in [-0.3, -0.25) is 9.53 Å². The van der Waals surface area contributed by atoms with Crippen LogP contribution in [0, 0.1) is 6.92 Å². The number of benzene rings is 2. The first-order chi connectivity index (χ1) is 13.3. The van der Waals surface area contributed by atoms with Crippen LogP contribution < -0.4 is 10.1 Å². The van der Waals surface area contributed by atoms with E-state index in [0.29, 0.717) is 23.8 Å². The number of anilines is 1. The van der Waals surface area contributed by atoms with Crippen LogP contribution >= 0.6 is 15.9 Å². The fraction of sp³-hybridized carbons (Fsp3) is 0.381. The predicted molar refractivity (Wildman–Crippen MR) is 114 cm³/mol. The molecule has 1 heterocycles. The van der Waals surface area contributed by atoms with Crippen LogP contribution in [0.15, 0.2) is 45.8 Å². The highest BCUT2D eigenvalue weighted by Gasteiger charge is 2.35. The second kappa shape index (κ2) is 8.66. The molecule has 1 unspecified atom stereocenters. The standard InChI is InChI=1S/C21H24BrNO4S/c1-14-6-8-16(9-7-14)28(25)11-5-4-10-26-15-12-17-19(18(22)13-15)23-20(24)27-21(17,2)3/h6-9,12-13H,4-5,10-11H2,1-3H3,(H,23,24). The minimum Gasteiger partial charge on any atom is -0.494 e. The van der Waals surface area contributed by atoms with Crippen molar-refractivity contribution in [3.63, 3.8) is 0 Å². The van der Waals surface area contributed by atoms with Crippen molar-refractivity contribution >= 4 is 38.5 Å². The van der Waals surface area contributed by atoms with Gasteiger partial charge in [0.2, 0.25) is 0 Å². The zero-order valence-corrected chi connectivity index (χ0v) is 18.6. The zero-order chi connectivity index (χ0) is 20.3. The number of ether oxygens (including phenoxy) is 2. The highest BCUT2D eigenvalue weighted by Crippen LogP contribution is 2.42. The zero-order valence-electron chi connectivity index (χ0n) is 16.2. The molecule has 1 atom stereocenters. The largest absolute Gasteiger partial charge is 0.494 e. The van der Waals surface area contributed by atoms with Crippen molar-refractivity contribution in [1.29, 1.82) is 0 Å². The maximum absolute atomic E-state index is 12.3. The molecule has 0 saturated heterocycles. The fourth-order valence-corrected chi connectivity index (χ4v) is 4.69. The topological polar surface area (TPSA) is 64.6 Å². The minimum absolute atomic E-state index is 0.464. The third kappa shape index (κ3) is 4.94. The van der Waals surface area contributed by atoms with Gasteiger partial charge in [-0.05, 0) is 73.8 Å². The molecule has 3 rings (SSSR count). The number of unbranched alkanes of at least 4 members (excludes halogenated alkanes) is 1. The molecule has 0 aromatic heterocycles. The number of halogens is 1. The van der Waals surface area contributed by atoms with Crippen molar-refractivity contribution in [2.75, 3.05) is 17.7 Å². The highest BCUT2D eigenvalue weighted by atomic mass is 79.9. The summed E-state index contributed by atoms with van der Waals surface area (Å²) in [7, 11) is -0.979. The lowest BCUT2D eigenvalue weighted by atomic mass is 9.94. The van der Waals surface area contributed by atoms with Crippen LogP contribution in [0.5, 0.6) is 5.75 Å². The number of hydrogen-bond acceptors (Lipinski definition) is 4. The quantitative estimate of drug-likeness (QED) is 0.546. The highest BCUT2D eigenvalue weighted by molar-refractivity contribution is 9.10. The van der Waals surface area contributed by atoms with E-state index in [-0.39, 0.29) is 0 Å². The monoisotopic (exact) mass is 465 g/mol. The molecule has 1 amide bonds. The number of carbonyl (C=O) groups is 1. The molecule has 1 N–H and O–H groups in total. The summed E-state index contributed by atoms with van der Waals surface area (Å²) in [6.45, 7) is 6.25. The summed E-state index contributed by atoms with van der Waals surface area (Å²) in [5.74, 6) is 1.32. The lowest BCUT2D eigenvalue weighted by Crippen LogP contribution is -2.35. The van der Waals surface area contributed by atoms with E-state index in [9.17, 15) is 9.00 Å². The second-order valence-electron chi connectivity index (χ2n) is 7.27. The molecule has 2 aromatic rings. The molecule has 0 radical (unpaired) electrons. The van der Waals surface area contributed by atoms with Crippen molar-refractivity contribution in [1.82, 2.24) is 0 Å². The Kier molecular flexibility index (Phi) is 6.45. The third-order valence-corrected chi connectivity index (χ3v) is 6.65. The Hall–Kier alpha value is -1.86. The van der Waals surface area contributed by atoms with Gasteiger partial charge in [-0.15, -0.1) is 0 Å². The van der Waals surface area contributed by atoms with Crippen LogP contribution in [0.4, 0.5) is 10.5 Å². The van der Waals surface area contributed by atoms with E-state index < -0.39 is 22.5 Å². The van der Waals surface area contributed by atoms with E-state index in [1.807, 2.05) is 57.2 Å². The number of amides is 1. The summed E-state index contributed by atoms with van der Waals surface area (Å²) in [6.07, 6.45) is 1.16. The van der Waals surface area contributed by atoms with E-state index in [1.165, 1.54) is 5.56 Å². The summed E-state index contributed by atoms with van der Waals surface area (Å²) in [5, 5.41) is 2.72. The number of cyclic esters (lactones) is 1. The Morgan fingerprint density at radius 2 is 1.89 bits per heavy atom. The van der Waals surface area contributed by atoms with Crippen molar-refractivity contribution in [3.8, 4) is 5.75 Å². The number of rotatable bonds is 7. The number of fused-ring (bicyclic) bond motifs is 1. The van der Waals surface area contributed by atoms with E-state index >= 15 is 0 Å². The SMILES string of the molecule is Cc1ccc(S(=O)CCCCOc2cc(Br)c3c(c2)C(C)(C)OC(=O)N3)cc1. The van der Waals surface area contributed by atoms with Gasteiger partial charge >= 0.3 is 6.09 Å². The van der Waals surface area contributed by atoms with Crippen molar-refractivity contribution in [3.05, 3.63) is 52.0 Å². The van der Waals surface area contributed by atoms with Crippen molar-refractivity contribution < 1.29 is 18.5 Å². The Morgan fingerprint density at radius 1 is 1.18 bits per heavy atom. The van der Waals surface area contributed by atoms with Crippen LogP contribution in [0.25, 0.3) is 0 Å². The summed E-state index contributed by atoms with van der Waals surface area (Å²) in [5.41, 5.74) is 2.00. The molecule has 1 aliphatic rings. The van der Waals surface area contributed by atoms with E-state index in [2.05, 4.69) is 21.2 Å². The van der Waals surface area contributed by atoms with E-state index in [0.717, 1.165) is 27.8 Å². The van der Waals surface area contributed by atoms with Crippen LogP contribution in [-0.4, -0.2) is 22.7 Å². The molecule has 0 bridgehead atoms. The molecule has 0 saturated carbocycles. The molecule has 7 heteroatoms. The first-order valence-corrected chi connectivity index (χ1v) is 11.3. The molecular formula is C21H24BrNO4S. The van der Waals surface area contributed by atoms with Gasteiger partial charge in [0, 0.05) is 20.7 Å². The molecule has 28 heavy (non-hydrogen) atoms. The van der Waals surface area contributed by atoms with Crippen LogP contribution in [0.2, 0.25) is 0 Å². The van der Waals surface area contributed by atoms with Gasteiger partial charge in [-0.2, -0.15) is 0 Å². The summed E-state index contributed by atoms with van der Waals surface area (Å²) in [4.78, 5) is 12.6. The van der Waals surface area contributed by atoms with E-state index in [4.69, 9.17) is 9.47 Å². The lowest BCUT2D eigenvalue weighted by Gasteiger charge is -2.33. The second-order valence-corrected chi connectivity index (χ2v) is 9.70. The number of hydrogen-bond donors (Lipinski definition) is 1. The Labute approximate surface area is 176 Å². The predicted octanol–water partition coefficient (Wildman–Crippen LogP) is 5.52. The average Bonchev–Trinajstić information content (AvgIpc) is 2.62. The van der Waals surface area contributed by atoms with Gasteiger partial charge in [0.15, 0.2) is 0 Å². The number of nitrogens with one attached hydrogen (secondary N) is 1. The van der Waals surface area contributed by atoms with E-state index in [1.54, 1.807) is 0 Å². The van der Waals surface area contributed by atoms with Crippen LogP contribution in [0.3, 0.4) is 0 Å². The first kappa shape index (κ1) is 20.9. The van der Waals surface area contributed by atoms with Gasteiger partial charge in [0.1, 0.15) is 11.4 Å². The molecular weight excluding hydrogens is 442 g/mol. The molecule has 5 nitrogen and oxygen atoms in total. The van der Waals surface area contributed by atoms with Crippen LogP contribution in [-0.2, 0) is 21.1 Å². The van der Waals surface area contributed by atoms with Gasteiger partial charge in [-0.25, -0.2) is 4.79 Å². The Bertz CT molecular complexity index is 896. The molecule has 150 valence electrons. The molecule has 0 spiro atoms. The van der Waals surface area contributed by atoms with Crippen molar-refractivity contribution in [2.45, 2.75) is 44.1 Å². The van der Waals surface area contributed by atoms with Gasteiger partial charge < -0.3 is 9.47 Å². The maximum atomic E-state index is 12.3.